The number of rotatable bonds is 8. The van der Waals surface area contributed by atoms with E-state index in [0.29, 0.717) is 11.8 Å². The van der Waals surface area contributed by atoms with E-state index in [-0.39, 0.29) is 27.7 Å². The number of benzene rings is 3. The van der Waals surface area contributed by atoms with Gasteiger partial charge in [0.15, 0.2) is 5.75 Å². The van der Waals surface area contributed by atoms with E-state index < -0.39 is 27.7 Å². The minimum atomic E-state index is -4.04. The number of halogens is 1. The number of sulfonamides is 1. The molecule has 0 aliphatic heterocycles. The molecule has 1 heterocycles. The van der Waals surface area contributed by atoms with Crippen molar-refractivity contribution >= 4 is 38.6 Å². The van der Waals surface area contributed by atoms with Crippen LogP contribution in [-0.4, -0.2) is 20.4 Å². The molecule has 0 fully saturated rings. The summed E-state index contributed by atoms with van der Waals surface area (Å²) in [6, 6.07) is 18.3. The molecule has 0 unspecified atom stereocenters. The molecular formula is C27H24ClNO6S. The lowest BCUT2D eigenvalue weighted by atomic mass is 10.1. The highest BCUT2D eigenvalue weighted by atomic mass is 35.5. The highest BCUT2D eigenvalue weighted by molar-refractivity contribution is 7.89. The van der Waals surface area contributed by atoms with Crippen LogP contribution in [-0.2, 0) is 27.7 Å². The Bertz CT molecular complexity index is 1560. The molecule has 36 heavy (non-hydrogen) atoms. The molecule has 3 aromatic carbocycles. The van der Waals surface area contributed by atoms with Crippen LogP contribution < -0.4 is 15.1 Å². The minimum absolute atomic E-state index is 0.0246. The fraction of sp³-hybridized carbons (Fsp3) is 0.185. The van der Waals surface area contributed by atoms with Crippen LogP contribution in [0.2, 0.25) is 5.02 Å². The fourth-order valence-corrected chi connectivity index (χ4v) is 5.16. The summed E-state index contributed by atoms with van der Waals surface area (Å²) in [6.45, 7) is 3.74. The molecule has 1 atom stereocenters. The molecule has 186 valence electrons. The molecule has 1 N–H and O–H groups in total. The quantitative estimate of drug-likeness (QED) is 0.201. The Morgan fingerprint density at radius 1 is 1.06 bits per heavy atom. The van der Waals surface area contributed by atoms with Crippen molar-refractivity contribution in [2.24, 2.45) is 0 Å². The van der Waals surface area contributed by atoms with E-state index in [4.69, 9.17) is 20.8 Å². The van der Waals surface area contributed by atoms with Gasteiger partial charge in [0.25, 0.3) is 0 Å². The molecule has 9 heteroatoms. The Morgan fingerprint density at radius 2 is 1.75 bits per heavy atom. The first-order valence-corrected chi connectivity index (χ1v) is 13.1. The number of carbonyl (C=O) groups is 1. The Balaban J connectivity index is 1.67. The Hall–Kier alpha value is -3.46. The van der Waals surface area contributed by atoms with Crippen molar-refractivity contribution in [1.29, 1.82) is 0 Å². The van der Waals surface area contributed by atoms with Crippen molar-refractivity contribution < 1.29 is 22.4 Å². The van der Waals surface area contributed by atoms with E-state index in [9.17, 15) is 18.0 Å². The maximum absolute atomic E-state index is 13.3. The zero-order valence-corrected chi connectivity index (χ0v) is 21.2. The van der Waals surface area contributed by atoms with Gasteiger partial charge in [-0.15, -0.1) is 0 Å². The van der Waals surface area contributed by atoms with Gasteiger partial charge in [0.05, 0.1) is 9.92 Å². The van der Waals surface area contributed by atoms with E-state index >= 15 is 0 Å². The van der Waals surface area contributed by atoms with Gasteiger partial charge in [0.2, 0.25) is 10.0 Å². The number of esters is 1. The van der Waals surface area contributed by atoms with Gasteiger partial charge in [-0.25, -0.2) is 18.0 Å². The lowest BCUT2D eigenvalue weighted by Crippen LogP contribution is -2.44. The predicted molar refractivity (Wildman–Crippen MR) is 138 cm³/mol. The second kappa shape index (κ2) is 10.7. The molecule has 0 amide bonds. The van der Waals surface area contributed by atoms with E-state index in [1.165, 1.54) is 24.3 Å². The first kappa shape index (κ1) is 25.6. The Morgan fingerprint density at radius 3 is 2.42 bits per heavy atom. The average molecular weight is 526 g/mol. The number of nitrogens with one attached hydrogen (secondary N) is 1. The third kappa shape index (κ3) is 5.84. The molecule has 0 spiro atoms. The van der Waals surface area contributed by atoms with Crippen molar-refractivity contribution in [1.82, 2.24) is 4.72 Å². The number of hydrogen-bond acceptors (Lipinski definition) is 6. The zero-order chi connectivity index (χ0) is 25.9. The standard InChI is InChI=1S/C27H24ClNO6S/c1-3-19-14-26(30)34-24-16-25(22(28)15-21(19)24)35-27(31)23(13-18-7-5-4-6-8-18)29-36(32,33)20-11-9-17(2)10-12-20/h4-12,14-16,23,29H,3,13H2,1-2H3/t23-/m1/s1. The first-order valence-electron chi connectivity index (χ1n) is 11.3. The summed E-state index contributed by atoms with van der Waals surface area (Å²) >= 11 is 6.39. The number of carbonyl (C=O) groups excluding carboxylic acids is 1. The van der Waals surface area contributed by atoms with E-state index in [0.717, 1.165) is 16.7 Å². The van der Waals surface area contributed by atoms with Crippen molar-refractivity contribution in [3.05, 3.63) is 105 Å². The Kier molecular flexibility index (Phi) is 7.59. The molecule has 1 aromatic heterocycles. The lowest BCUT2D eigenvalue weighted by Gasteiger charge is -2.18. The number of hydrogen-bond donors (Lipinski definition) is 1. The van der Waals surface area contributed by atoms with Crippen LogP contribution in [0.4, 0.5) is 0 Å². The van der Waals surface area contributed by atoms with E-state index in [1.807, 2.05) is 19.9 Å². The van der Waals surface area contributed by atoms with Crippen LogP contribution in [0.15, 0.2) is 86.9 Å². The second-order valence-corrected chi connectivity index (χ2v) is 10.4. The normalized spacial score (nSPS) is 12.4. The molecule has 0 aliphatic carbocycles. The molecular weight excluding hydrogens is 502 g/mol. The van der Waals surface area contributed by atoms with Crippen LogP contribution in [0.5, 0.6) is 5.75 Å². The molecule has 0 aliphatic rings. The van der Waals surface area contributed by atoms with Crippen LogP contribution in [0.1, 0.15) is 23.6 Å². The van der Waals surface area contributed by atoms with Crippen molar-refractivity contribution in [3.63, 3.8) is 0 Å². The molecule has 0 bridgehead atoms. The number of aryl methyl sites for hydroxylation is 2. The summed E-state index contributed by atoms with van der Waals surface area (Å²) in [5, 5.41) is 0.752. The van der Waals surface area contributed by atoms with Gasteiger partial charge in [-0.05, 0) is 49.1 Å². The van der Waals surface area contributed by atoms with Gasteiger partial charge in [0.1, 0.15) is 11.6 Å². The minimum Gasteiger partial charge on any atom is -0.424 e. The van der Waals surface area contributed by atoms with E-state index in [2.05, 4.69) is 4.72 Å². The molecule has 7 nitrogen and oxygen atoms in total. The van der Waals surface area contributed by atoms with E-state index in [1.54, 1.807) is 42.5 Å². The number of fused-ring (bicyclic) bond motifs is 1. The zero-order valence-electron chi connectivity index (χ0n) is 19.7. The predicted octanol–water partition coefficient (Wildman–Crippen LogP) is 4.81. The second-order valence-electron chi connectivity index (χ2n) is 8.32. The summed E-state index contributed by atoms with van der Waals surface area (Å²) in [7, 11) is -4.04. The fourth-order valence-electron chi connectivity index (χ4n) is 3.77. The highest BCUT2D eigenvalue weighted by Crippen LogP contribution is 2.32. The maximum Gasteiger partial charge on any atom is 0.336 e. The first-order chi connectivity index (χ1) is 17.2. The van der Waals surface area contributed by atoms with Crippen molar-refractivity contribution in [2.75, 3.05) is 0 Å². The lowest BCUT2D eigenvalue weighted by molar-refractivity contribution is -0.136. The van der Waals surface area contributed by atoms with Crippen LogP contribution in [0.25, 0.3) is 11.0 Å². The van der Waals surface area contributed by atoms with Crippen molar-refractivity contribution in [2.45, 2.75) is 37.6 Å². The van der Waals surface area contributed by atoms with Gasteiger partial charge in [-0.2, -0.15) is 4.72 Å². The van der Waals surface area contributed by atoms with Crippen molar-refractivity contribution in [3.8, 4) is 5.75 Å². The van der Waals surface area contributed by atoms with Crippen LogP contribution >= 0.6 is 11.6 Å². The van der Waals surface area contributed by atoms with Gasteiger partial charge >= 0.3 is 11.6 Å². The van der Waals surface area contributed by atoms with Crippen LogP contribution in [0, 0.1) is 6.92 Å². The van der Waals surface area contributed by atoms with Gasteiger partial charge < -0.3 is 9.15 Å². The molecule has 0 saturated heterocycles. The summed E-state index contributed by atoms with van der Waals surface area (Å²) < 4.78 is 39.4. The third-order valence-corrected chi connectivity index (χ3v) is 7.45. The summed E-state index contributed by atoms with van der Waals surface area (Å²) in [5.41, 5.74) is 2.05. The van der Waals surface area contributed by atoms with Crippen LogP contribution in [0.3, 0.4) is 0 Å². The summed E-state index contributed by atoms with van der Waals surface area (Å²) in [5.74, 6) is -0.900. The molecule has 4 aromatic rings. The topological polar surface area (TPSA) is 103 Å². The van der Waals surface area contributed by atoms with Gasteiger partial charge in [-0.3, -0.25) is 0 Å². The monoisotopic (exact) mass is 525 g/mol. The van der Waals surface area contributed by atoms with Gasteiger partial charge in [0, 0.05) is 17.5 Å². The largest absolute Gasteiger partial charge is 0.424 e. The highest BCUT2D eigenvalue weighted by Gasteiger charge is 2.28. The number of ether oxygens (including phenoxy) is 1. The summed E-state index contributed by atoms with van der Waals surface area (Å²) in [4.78, 5) is 25.2. The smallest absolute Gasteiger partial charge is 0.336 e. The SMILES string of the molecule is CCc1cc(=O)oc2cc(OC(=O)[C@@H](Cc3ccccc3)NS(=O)(=O)c3ccc(C)cc3)c(Cl)cc12. The maximum atomic E-state index is 13.3. The van der Waals surface area contributed by atoms with Gasteiger partial charge in [-0.1, -0.05) is 66.6 Å². The Labute approximate surface area is 213 Å². The average Bonchev–Trinajstić information content (AvgIpc) is 2.84. The third-order valence-electron chi connectivity index (χ3n) is 5.67. The molecule has 4 rings (SSSR count). The molecule has 0 saturated carbocycles. The summed E-state index contributed by atoms with van der Waals surface area (Å²) in [6.07, 6.45) is 0.628. The molecule has 0 radical (unpaired) electrons.